The maximum atomic E-state index is 11.4. The molecule has 0 aliphatic heterocycles. The van der Waals surface area contributed by atoms with Crippen LogP contribution in [-0.4, -0.2) is 22.5 Å². The summed E-state index contributed by atoms with van der Waals surface area (Å²) in [6.45, 7) is 2.17. The quantitative estimate of drug-likeness (QED) is 0.753. The molecule has 0 aliphatic rings. The molecule has 0 aromatic carbocycles. The molecule has 0 saturated heterocycles. The molecule has 4 nitrogen and oxygen atoms in total. The Bertz CT molecular complexity index is 443. The van der Waals surface area contributed by atoms with E-state index in [0.717, 1.165) is 11.3 Å². The van der Waals surface area contributed by atoms with Crippen LogP contribution in [0.3, 0.4) is 0 Å². The van der Waals surface area contributed by atoms with E-state index in [-0.39, 0.29) is 5.97 Å². The van der Waals surface area contributed by atoms with Crippen molar-refractivity contribution in [3.05, 3.63) is 36.3 Å². The average molecular weight is 204 g/mol. The first-order chi connectivity index (χ1) is 7.31. The Morgan fingerprint density at radius 2 is 2.27 bits per heavy atom. The first kappa shape index (κ1) is 9.58. The molecule has 0 spiro atoms. The Labute approximate surface area is 87.3 Å². The van der Waals surface area contributed by atoms with Crippen LogP contribution in [0.4, 0.5) is 0 Å². The van der Waals surface area contributed by atoms with Gasteiger partial charge in [-0.1, -0.05) is 0 Å². The lowest BCUT2D eigenvalue weighted by molar-refractivity contribution is 0.0520. The Morgan fingerprint density at radius 1 is 1.40 bits per heavy atom. The molecule has 2 aromatic heterocycles. The van der Waals surface area contributed by atoms with Gasteiger partial charge < -0.3 is 14.7 Å². The Balaban J connectivity index is 2.21. The van der Waals surface area contributed by atoms with Crippen molar-refractivity contribution >= 4 is 5.97 Å². The number of hydrogen-bond donors (Lipinski definition) is 2. The van der Waals surface area contributed by atoms with Crippen LogP contribution in [0.1, 0.15) is 17.4 Å². The highest BCUT2D eigenvalue weighted by Crippen LogP contribution is 2.17. The van der Waals surface area contributed by atoms with Crippen LogP contribution in [0.25, 0.3) is 11.3 Å². The monoisotopic (exact) mass is 204 g/mol. The van der Waals surface area contributed by atoms with Gasteiger partial charge in [0.1, 0.15) is 5.69 Å². The Morgan fingerprint density at radius 3 is 2.93 bits per heavy atom. The molecule has 2 heterocycles. The molecule has 2 rings (SSSR count). The molecule has 0 saturated carbocycles. The minimum absolute atomic E-state index is 0.320. The van der Waals surface area contributed by atoms with E-state index in [2.05, 4.69) is 9.97 Å². The highest BCUT2D eigenvalue weighted by Gasteiger charge is 2.09. The summed E-state index contributed by atoms with van der Waals surface area (Å²) < 4.78 is 4.88. The van der Waals surface area contributed by atoms with Crippen molar-refractivity contribution < 1.29 is 9.53 Å². The second-order valence-electron chi connectivity index (χ2n) is 3.11. The van der Waals surface area contributed by atoms with Gasteiger partial charge in [0.2, 0.25) is 0 Å². The minimum atomic E-state index is -0.320. The maximum absolute atomic E-state index is 11.4. The molecule has 0 atom stereocenters. The highest BCUT2D eigenvalue weighted by molar-refractivity contribution is 5.88. The fourth-order valence-electron chi connectivity index (χ4n) is 1.38. The number of aromatic amines is 2. The van der Waals surface area contributed by atoms with Crippen molar-refractivity contribution in [2.24, 2.45) is 0 Å². The number of carbonyl (C=O) groups excluding carboxylic acids is 1. The Kier molecular flexibility index (Phi) is 2.58. The van der Waals surface area contributed by atoms with E-state index in [9.17, 15) is 4.79 Å². The summed E-state index contributed by atoms with van der Waals surface area (Å²) in [5.41, 5.74) is 2.40. The maximum Gasteiger partial charge on any atom is 0.354 e. The molecule has 0 radical (unpaired) electrons. The van der Waals surface area contributed by atoms with Gasteiger partial charge in [-0.25, -0.2) is 4.79 Å². The minimum Gasteiger partial charge on any atom is -0.461 e. The zero-order chi connectivity index (χ0) is 10.7. The van der Waals surface area contributed by atoms with E-state index in [4.69, 9.17) is 4.74 Å². The number of aromatic nitrogens is 2. The summed E-state index contributed by atoms with van der Waals surface area (Å²) in [6.07, 6.45) is 3.70. The number of H-pyrrole nitrogens is 2. The predicted octanol–water partition coefficient (Wildman–Crippen LogP) is 2.19. The number of hydrogen-bond acceptors (Lipinski definition) is 2. The fraction of sp³-hybridized carbons (Fsp3) is 0.182. The van der Waals surface area contributed by atoms with Gasteiger partial charge in [-0.2, -0.15) is 0 Å². The van der Waals surface area contributed by atoms with Crippen LogP contribution in [0.15, 0.2) is 30.6 Å². The van der Waals surface area contributed by atoms with Crippen molar-refractivity contribution in [2.75, 3.05) is 6.61 Å². The number of esters is 1. The molecule has 15 heavy (non-hydrogen) atoms. The summed E-state index contributed by atoms with van der Waals surface area (Å²) in [5, 5.41) is 0. The lowest BCUT2D eigenvalue weighted by atomic mass is 10.2. The molecular weight excluding hydrogens is 192 g/mol. The molecule has 0 unspecified atom stereocenters. The van der Waals surface area contributed by atoms with Gasteiger partial charge in [0.15, 0.2) is 0 Å². The smallest absolute Gasteiger partial charge is 0.354 e. The van der Waals surface area contributed by atoms with Crippen LogP contribution in [-0.2, 0) is 4.74 Å². The van der Waals surface area contributed by atoms with E-state index < -0.39 is 0 Å². The largest absolute Gasteiger partial charge is 0.461 e. The number of ether oxygens (including phenoxy) is 1. The van der Waals surface area contributed by atoms with Crippen LogP contribution in [0.5, 0.6) is 0 Å². The zero-order valence-corrected chi connectivity index (χ0v) is 8.41. The van der Waals surface area contributed by atoms with E-state index in [1.165, 1.54) is 0 Å². The molecule has 0 fully saturated rings. The van der Waals surface area contributed by atoms with Gasteiger partial charge in [-0.3, -0.25) is 0 Å². The van der Waals surface area contributed by atoms with Crippen molar-refractivity contribution in [1.29, 1.82) is 0 Å². The van der Waals surface area contributed by atoms with Crippen LogP contribution in [0, 0.1) is 0 Å². The van der Waals surface area contributed by atoms with Gasteiger partial charge in [-0.15, -0.1) is 0 Å². The first-order valence-corrected chi connectivity index (χ1v) is 4.80. The third-order valence-electron chi connectivity index (χ3n) is 2.09. The van der Waals surface area contributed by atoms with Gasteiger partial charge in [0.05, 0.1) is 6.61 Å². The van der Waals surface area contributed by atoms with Crippen LogP contribution in [0.2, 0.25) is 0 Å². The average Bonchev–Trinajstić information content (AvgIpc) is 2.89. The van der Waals surface area contributed by atoms with Gasteiger partial charge in [-0.05, 0) is 25.1 Å². The van der Waals surface area contributed by atoms with Crippen molar-refractivity contribution in [2.45, 2.75) is 6.92 Å². The molecule has 2 aromatic rings. The molecule has 2 N–H and O–H groups in total. The molecular formula is C11H12N2O2. The summed E-state index contributed by atoms with van der Waals surface area (Å²) >= 11 is 0. The standard InChI is InChI=1S/C11H12N2O2/c1-2-15-11(14)10-4-3-9(13-10)8-5-6-12-7-8/h3-7,12-13H,2H2,1H3. The number of carbonyl (C=O) groups is 1. The Hall–Kier alpha value is -1.97. The van der Waals surface area contributed by atoms with Gasteiger partial charge in [0.25, 0.3) is 0 Å². The molecule has 0 aliphatic carbocycles. The third-order valence-corrected chi connectivity index (χ3v) is 2.09. The van der Waals surface area contributed by atoms with Crippen molar-refractivity contribution in [3.63, 3.8) is 0 Å². The van der Waals surface area contributed by atoms with Crippen LogP contribution < -0.4 is 0 Å². The fourth-order valence-corrected chi connectivity index (χ4v) is 1.38. The van der Waals surface area contributed by atoms with Crippen LogP contribution >= 0.6 is 0 Å². The summed E-state index contributed by atoms with van der Waals surface area (Å²) in [4.78, 5) is 17.3. The lowest BCUT2D eigenvalue weighted by Crippen LogP contribution is -2.04. The van der Waals surface area contributed by atoms with Crippen molar-refractivity contribution in [3.8, 4) is 11.3 Å². The number of nitrogens with one attached hydrogen (secondary N) is 2. The first-order valence-electron chi connectivity index (χ1n) is 4.80. The summed E-state index contributed by atoms with van der Waals surface area (Å²) in [7, 11) is 0. The van der Waals surface area contributed by atoms with Crippen molar-refractivity contribution in [1.82, 2.24) is 9.97 Å². The summed E-state index contributed by atoms with van der Waals surface area (Å²) in [5.74, 6) is -0.320. The SMILES string of the molecule is CCOC(=O)c1ccc(-c2cc[nH]c2)[nH]1. The normalized spacial score (nSPS) is 10.2. The molecule has 78 valence electrons. The highest BCUT2D eigenvalue weighted by atomic mass is 16.5. The third kappa shape index (κ3) is 1.93. The predicted molar refractivity (Wildman–Crippen MR) is 56.5 cm³/mol. The molecule has 0 bridgehead atoms. The van der Waals surface area contributed by atoms with E-state index in [1.54, 1.807) is 13.0 Å². The van der Waals surface area contributed by atoms with Gasteiger partial charge in [0, 0.05) is 23.7 Å². The zero-order valence-electron chi connectivity index (χ0n) is 8.41. The van der Waals surface area contributed by atoms with E-state index >= 15 is 0 Å². The van der Waals surface area contributed by atoms with Gasteiger partial charge >= 0.3 is 5.97 Å². The van der Waals surface area contributed by atoms with E-state index in [0.29, 0.717) is 12.3 Å². The molecule has 0 amide bonds. The second-order valence-corrected chi connectivity index (χ2v) is 3.11. The second kappa shape index (κ2) is 4.04. The summed E-state index contributed by atoms with van der Waals surface area (Å²) in [6, 6.07) is 5.51. The van der Waals surface area contributed by atoms with E-state index in [1.807, 2.05) is 24.5 Å². The lowest BCUT2D eigenvalue weighted by Gasteiger charge is -1.97. The molecule has 4 heteroatoms. The number of rotatable bonds is 3. The topological polar surface area (TPSA) is 57.9 Å².